The van der Waals surface area contributed by atoms with Gasteiger partial charge in [0.1, 0.15) is 6.61 Å². The Kier molecular flexibility index (Phi) is 4.79. The zero-order valence-corrected chi connectivity index (χ0v) is 7.50. The van der Waals surface area contributed by atoms with Crippen molar-refractivity contribution in [2.75, 3.05) is 19.7 Å². The van der Waals surface area contributed by atoms with Crippen LogP contribution in [0.5, 0.6) is 0 Å². The summed E-state index contributed by atoms with van der Waals surface area (Å²) in [5.74, 6) is -3.04. The van der Waals surface area contributed by atoms with Gasteiger partial charge in [-0.15, -0.1) is 0 Å². The third-order valence-electron chi connectivity index (χ3n) is 0.932. The Labute approximate surface area is 72.4 Å². The number of hydrogen-bond donors (Lipinski definition) is 2. The molecule has 0 aliphatic heterocycles. The molecule has 0 aliphatic rings. The molecule has 2 nitrogen and oxygen atoms in total. The zero-order chi connectivity index (χ0) is 8.91. The summed E-state index contributed by atoms with van der Waals surface area (Å²) < 4.78 is 25.1. The average Bonchev–Trinajstić information content (AvgIpc) is 1.87. The highest BCUT2D eigenvalue weighted by Crippen LogP contribution is 2.10. The summed E-state index contributed by atoms with van der Waals surface area (Å²) in [5.41, 5.74) is 0. The first kappa shape index (κ1) is 11.0. The number of aliphatic hydroxyl groups is 1. The Bertz CT molecular complexity index is 141. The van der Waals surface area contributed by atoms with Crippen LogP contribution in [-0.4, -0.2) is 30.7 Å². The van der Waals surface area contributed by atoms with E-state index in [9.17, 15) is 8.78 Å². The molecule has 66 valence electrons. The fourth-order valence-electron chi connectivity index (χ4n) is 0.437. The lowest BCUT2D eigenvalue weighted by atomic mass is 10.3. The summed E-state index contributed by atoms with van der Waals surface area (Å²) in [4.78, 5) is 0. The van der Waals surface area contributed by atoms with Gasteiger partial charge in [-0.3, -0.25) is 0 Å². The van der Waals surface area contributed by atoms with Crippen molar-refractivity contribution in [3.63, 3.8) is 0 Å². The van der Waals surface area contributed by atoms with Gasteiger partial charge < -0.3 is 10.4 Å². The third kappa shape index (κ3) is 6.40. The number of rotatable bonds is 5. The molecular weight excluding hydrogens is 220 g/mol. The topological polar surface area (TPSA) is 32.3 Å². The molecule has 0 saturated heterocycles. The molecule has 0 heterocycles. The van der Waals surface area contributed by atoms with E-state index in [1.54, 1.807) is 0 Å². The second-order valence-corrected chi connectivity index (χ2v) is 3.26. The Morgan fingerprint density at radius 1 is 1.64 bits per heavy atom. The molecule has 0 aromatic rings. The van der Waals surface area contributed by atoms with Gasteiger partial charge in [0.15, 0.2) is 0 Å². The molecule has 2 N–H and O–H groups in total. The van der Waals surface area contributed by atoms with E-state index in [0.29, 0.717) is 4.48 Å². The van der Waals surface area contributed by atoms with Crippen LogP contribution in [-0.2, 0) is 0 Å². The molecule has 0 rings (SSSR count). The van der Waals surface area contributed by atoms with Crippen molar-refractivity contribution in [2.45, 2.75) is 5.92 Å². The lowest BCUT2D eigenvalue weighted by Crippen LogP contribution is -2.36. The normalized spacial score (nSPS) is 11.6. The van der Waals surface area contributed by atoms with Crippen molar-refractivity contribution in [3.05, 3.63) is 11.1 Å². The van der Waals surface area contributed by atoms with Crippen molar-refractivity contribution in [3.8, 4) is 0 Å². The van der Waals surface area contributed by atoms with Crippen LogP contribution in [0, 0.1) is 0 Å². The van der Waals surface area contributed by atoms with Crippen molar-refractivity contribution < 1.29 is 13.9 Å². The molecule has 0 bridgehead atoms. The van der Waals surface area contributed by atoms with Crippen molar-refractivity contribution in [2.24, 2.45) is 0 Å². The molecule has 0 radical (unpaired) electrons. The first-order chi connectivity index (χ1) is 4.98. The van der Waals surface area contributed by atoms with E-state index in [1.807, 2.05) is 0 Å². The summed E-state index contributed by atoms with van der Waals surface area (Å²) in [6.45, 7) is 2.06. The Hall–Kier alpha value is -0.0000000000000000486. The highest BCUT2D eigenvalue weighted by atomic mass is 79.9. The predicted octanol–water partition coefficient (Wildman–Crippen LogP) is 1.11. The van der Waals surface area contributed by atoms with Gasteiger partial charge in [0, 0.05) is 11.0 Å². The molecule has 0 unspecified atom stereocenters. The summed E-state index contributed by atoms with van der Waals surface area (Å²) >= 11 is 3.00. The molecule has 0 atom stereocenters. The second kappa shape index (κ2) is 4.79. The van der Waals surface area contributed by atoms with Gasteiger partial charge in [0.2, 0.25) is 0 Å². The SMILES string of the molecule is C=C(Br)CNCC(F)(F)CO. The van der Waals surface area contributed by atoms with Crippen LogP contribution >= 0.6 is 15.9 Å². The molecule has 0 aliphatic carbocycles. The Balaban J connectivity index is 3.45. The van der Waals surface area contributed by atoms with Gasteiger partial charge in [-0.1, -0.05) is 22.5 Å². The number of halogens is 3. The maximum Gasteiger partial charge on any atom is 0.282 e. The van der Waals surface area contributed by atoms with Crippen LogP contribution in [0.15, 0.2) is 11.1 Å². The summed E-state index contributed by atoms with van der Waals surface area (Å²) in [7, 11) is 0. The van der Waals surface area contributed by atoms with Crippen LogP contribution in [0.25, 0.3) is 0 Å². The lowest BCUT2D eigenvalue weighted by molar-refractivity contribution is -0.0469. The molecular formula is C6H10BrF2NO. The van der Waals surface area contributed by atoms with Crippen LogP contribution in [0.3, 0.4) is 0 Å². The molecule has 0 aromatic heterocycles. The fourth-order valence-corrected chi connectivity index (χ4v) is 0.635. The molecule has 11 heavy (non-hydrogen) atoms. The van der Waals surface area contributed by atoms with E-state index < -0.39 is 19.1 Å². The highest BCUT2D eigenvalue weighted by Gasteiger charge is 2.26. The standard InChI is InChI=1S/C6H10BrF2NO/c1-5(7)2-10-3-6(8,9)4-11/h10-11H,1-4H2. The van der Waals surface area contributed by atoms with Gasteiger partial charge in [0.05, 0.1) is 6.54 Å². The quantitative estimate of drug-likeness (QED) is 0.741. The van der Waals surface area contributed by atoms with Crippen LogP contribution in [0.2, 0.25) is 0 Å². The minimum absolute atomic E-state index is 0.273. The number of nitrogens with one attached hydrogen (secondary N) is 1. The largest absolute Gasteiger partial charge is 0.390 e. The molecule has 5 heteroatoms. The minimum atomic E-state index is -3.04. The Morgan fingerprint density at radius 3 is 2.55 bits per heavy atom. The van der Waals surface area contributed by atoms with Crippen molar-refractivity contribution in [1.82, 2.24) is 5.32 Å². The van der Waals surface area contributed by atoms with Gasteiger partial charge in [-0.2, -0.15) is 0 Å². The smallest absolute Gasteiger partial charge is 0.282 e. The lowest BCUT2D eigenvalue weighted by Gasteiger charge is -2.13. The molecule has 0 aromatic carbocycles. The van der Waals surface area contributed by atoms with Crippen LogP contribution < -0.4 is 5.32 Å². The summed E-state index contributed by atoms with van der Waals surface area (Å²) in [5, 5.41) is 10.6. The van der Waals surface area contributed by atoms with Crippen LogP contribution in [0.1, 0.15) is 0 Å². The number of aliphatic hydroxyl groups excluding tert-OH is 1. The first-order valence-corrected chi connectivity index (χ1v) is 3.80. The van der Waals surface area contributed by atoms with Crippen molar-refractivity contribution >= 4 is 15.9 Å². The van der Waals surface area contributed by atoms with E-state index in [0.717, 1.165) is 0 Å². The average molecular weight is 230 g/mol. The summed E-state index contributed by atoms with van der Waals surface area (Å²) in [6, 6.07) is 0. The van der Waals surface area contributed by atoms with Crippen molar-refractivity contribution in [1.29, 1.82) is 0 Å². The maximum absolute atomic E-state index is 12.2. The zero-order valence-electron chi connectivity index (χ0n) is 5.91. The van der Waals surface area contributed by atoms with Gasteiger partial charge in [-0.05, 0) is 0 Å². The minimum Gasteiger partial charge on any atom is -0.390 e. The number of alkyl halides is 2. The Morgan fingerprint density at radius 2 is 2.18 bits per heavy atom. The van der Waals surface area contributed by atoms with E-state index in [4.69, 9.17) is 5.11 Å². The van der Waals surface area contributed by atoms with Gasteiger partial charge in [0.25, 0.3) is 5.92 Å². The molecule has 0 saturated carbocycles. The van der Waals surface area contributed by atoms with E-state index in [1.165, 1.54) is 0 Å². The molecule has 0 spiro atoms. The predicted molar refractivity (Wildman–Crippen MR) is 43.0 cm³/mol. The highest BCUT2D eigenvalue weighted by molar-refractivity contribution is 9.11. The third-order valence-corrected chi connectivity index (χ3v) is 1.21. The molecule has 0 amide bonds. The second-order valence-electron chi connectivity index (χ2n) is 2.13. The van der Waals surface area contributed by atoms with Gasteiger partial charge in [-0.25, -0.2) is 8.78 Å². The van der Waals surface area contributed by atoms with E-state index >= 15 is 0 Å². The fraction of sp³-hybridized carbons (Fsp3) is 0.667. The first-order valence-electron chi connectivity index (χ1n) is 3.00. The monoisotopic (exact) mass is 229 g/mol. The van der Waals surface area contributed by atoms with Crippen LogP contribution in [0.4, 0.5) is 8.78 Å². The molecule has 0 fully saturated rings. The number of hydrogen-bond acceptors (Lipinski definition) is 2. The summed E-state index contributed by atoms with van der Waals surface area (Å²) in [6.07, 6.45) is 0. The van der Waals surface area contributed by atoms with E-state index in [-0.39, 0.29) is 6.54 Å². The van der Waals surface area contributed by atoms with Gasteiger partial charge >= 0.3 is 0 Å². The maximum atomic E-state index is 12.2. The van der Waals surface area contributed by atoms with E-state index in [2.05, 4.69) is 27.8 Å².